The van der Waals surface area contributed by atoms with E-state index >= 15 is 0 Å². The van der Waals surface area contributed by atoms with Crippen molar-refractivity contribution >= 4 is 57.8 Å². The Morgan fingerprint density at radius 1 is 0.564 bits per heavy atom. The molecule has 4 aromatic carbocycles. The molecule has 20 heteroatoms. The van der Waals surface area contributed by atoms with Gasteiger partial charge in [-0.1, -0.05) is 60.7 Å². The molecule has 2 aromatic heterocycles. The second-order valence-electron chi connectivity index (χ2n) is 20.8. The first-order valence-corrected chi connectivity index (χ1v) is 26.8. The summed E-state index contributed by atoms with van der Waals surface area (Å²) in [7, 11) is 0. The summed E-state index contributed by atoms with van der Waals surface area (Å²) in [5.41, 5.74) is 2.21. The Kier molecular flexibility index (Phi) is 18.2. The minimum absolute atomic E-state index is 0.00336. The van der Waals surface area contributed by atoms with E-state index in [1.807, 2.05) is 12.1 Å². The third-order valence-electron chi connectivity index (χ3n) is 12.7. The third kappa shape index (κ3) is 15.1. The van der Waals surface area contributed by atoms with E-state index in [4.69, 9.17) is 19.3 Å². The predicted molar refractivity (Wildman–Crippen MR) is 290 cm³/mol. The summed E-state index contributed by atoms with van der Waals surface area (Å²) in [6.07, 6.45) is -7.63. The number of carbonyl (C=O) groups excluding carboxylic acids is 3. The molecule has 3 N–H and O–H groups in total. The molecule has 0 bridgehead atoms. The summed E-state index contributed by atoms with van der Waals surface area (Å²) in [6, 6.07) is 30.7. The number of carbonyl (C=O) groups is 4. The lowest BCUT2D eigenvalue weighted by molar-refractivity contribution is -0.155. The molecule has 6 aromatic rings. The van der Waals surface area contributed by atoms with E-state index in [0.29, 0.717) is 87.5 Å². The van der Waals surface area contributed by atoms with Crippen LogP contribution < -0.4 is 29.9 Å². The average molecular weight is 1120 g/mol. The van der Waals surface area contributed by atoms with Crippen LogP contribution in [0.3, 0.4) is 0 Å². The molecule has 0 unspecified atom stereocenters. The van der Waals surface area contributed by atoms with Crippen LogP contribution in [0.25, 0.3) is 22.3 Å². The molecule has 12 nitrogen and oxygen atoms in total. The molecular weight excluding hydrogens is 1060 g/mol. The van der Waals surface area contributed by atoms with E-state index in [9.17, 15) is 45.5 Å². The van der Waals surface area contributed by atoms with Crippen LogP contribution >= 0.6 is 22.7 Å². The Bertz CT molecular complexity index is 3100. The molecule has 2 aliphatic rings. The predicted octanol–water partition coefficient (Wildman–Crippen LogP) is 12.7. The molecule has 4 heterocycles. The fraction of sp³-hybridized carbons (Fsp3) is 0.379. The van der Waals surface area contributed by atoms with Crippen LogP contribution in [0.2, 0.25) is 0 Å². The highest BCUT2D eigenvalue weighted by Crippen LogP contribution is 2.45. The van der Waals surface area contributed by atoms with E-state index in [2.05, 4.69) is 10.6 Å². The van der Waals surface area contributed by atoms with Crippen molar-refractivity contribution in [2.75, 3.05) is 36.0 Å². The van der Waals surface area contributed by atoms with Gasteiger partial charge in [-0.2, -0.15) is 26.3 Å². The van der Waals surface area contributed by atoms with Gasteiger partial charge in [0, 0.05) is 58.4 Å². The number of halogens is 6. The van der Waals surface area contributed by atoms with Crippen LogP contribution in [0.5, 0.6) is 11.5 Å². The van der Waals surface area contributed by atoms with Crippen molar-refractivity contribution in [2.24, 2.45) is 0 Å². The normalized spacial score (nSPS) is 13.6. The Balaban J connectivity index is 0.000000227. The molecule has 2 amide bonds. The standard InChI is InChI=1S/C31H35F3N2O4S.C27H27F3N2O4S/c1-29(2,3)40-26(37)13-15-35-30(4,5)28(38)36-16-14-21-17-22(11-12-25(21)36)39-19-23-18-24(20-9-7-6-8-10-20)27(41-23)31(32,33)34;1-26(2,31-12-10-23(33)34)25(35)32-13-11-18-14-19(8-9-22(18)32)36-16-20-15-21(17-6-4-3-5-7-17)24(37-20)27(28,29)30/h6-12,17-18,35H,13-16,19H2,1-5H3;3-9,14-15,31H,10-13,16H2,1-2H3,(H,33,34). The number of nitrogens with one attached hydrogen (secondary N) is 2. The number of thiophene rings is 2. The first-order valence-electron chi connectivity index (χ1n) is 25.2. The number of hydrogen-bond acceptors (Lipinski definition) is 11. The molecule has 0 fully saturated rings. The monoisotopic (exact) mass is 1120 g/mol. The maximum Gasteiger partial charge on any atom is 0.426 e. The Morgan fingerprint density at radius 3 is 1.33 bits per heavy atom. The molecule has 416 valence electrons. The highest BCUT2D eigenvalue weighted by Gasteiger charge is 2.40. The minimum atomic E-state index is -4.46. The second kappa shape index (κ2) is 24.1. The molecule has 0 saturated carbocycles. The topological polar surface area (TPSA) is 147 Å². The first-order chi connectivity index (χ1) is 36.6. The fourth-order valence-corrected chi connectivity index (χ4v) is 10.9. The number of anilines is 2. The highest BCUT2D eigenvalue weighted by atomic mass is 32.1. The van der Waals surface area contributed by atoms with Crippen LogP contribution in [0.15, 0.2) is 109 Å². The first kappa shape index (κ1) is 58.9. The number of hydrogen-bond donors (Lipinski definition) is 3. The molecule has 0 aliphatic carbocycles. The van der Waals surface area contributed by atoms with E-state index < -0.39 is 44.8 Å². The second-order valence-corrected chi connectivity index (χ2v) is 23.1. The van der Waals surface area contributed by atoms with Crippen LogP contribution in [0, 0.1) is 0 Å². The van der Waals surface area contributed by atoms with Crippen molar-refractivity contribution in [3.63, 3.8) is 0 Å². The number of ether oxygens (including phenoxy) is 3. The van der Waals surface area contributed by atoms with Gasteiger partial charge >= 0.3 is 24.3 Å². The van der Waals surface area contributed by atoms with Gasteiger partial charge in [-0.3, -0.25) is 19.2 Å². The van der Waals surface area contributed by atoms with Crippen molar-refractivity contribution < 1.29 is 64.8 Å². The van der Waals surface area contributed by atoms with Crippen molar-refractivity contribution in [3.05, 3.63) is 140 Å². The number of amides is 2. The number of rotatable bonds is 18. The van der Waals surface area contributed by atoms with Gasteiger partial charge in [-0.25, -0.2) is 0 Å². The Hall–Kier alpha value is -6.74. The zero-order chi connectivity index (χ0) is 56.8. The summed E-state index contributed by atoms with van der Waals surface area (Å²) in [6.45, 7) is 13.8. The van der Waals surface area contributed by atoms with Crippen LogP contribution in [-0.4, -0.2) is 71.7 Å². The van der Waals surface area contributed by atoms with E-state index in [0.717, 1.165) is 22.5 Å². The smallest absolute Gasteiger partial charge is 0.426 e. The van der Waals surface area contributed by atoms with Gasteiger partial charge in [0.1, 0.15) is 40.1 Å². The minimum Gasteiger partial charge on any atom is -0.488 e. The Labute approximate surface area is 457 Å². The lowest BCUT2D eigenvalue weighted by Gasteiger charge is -2.31. The zero-order valence-electron chi connectivity index (χ0n) is 44.2. The Morgan fingerprint density at radius 2 is 0.962 bits per heavy atom. The number of benzene rings is 4. The molecule has 0 atom stereocenters. The highest BCUT2D eigenvalue weighted by molar-refractivity contribution is 7.13. The quantitative estimate of drug-likeness (QED) is 0.0561. The molecule has 0 spiro atoms. The SMILES string of the molecule is CC(C)(C)OC(=O)CCNC(C)(C)C(=O)N1CCc2cc(OCc3cc(-c4ccccc4)c(C(F)(F)F)s3)ccc21.CC(C)(NCCC(=O)O)C(=O)N1CCc2cc(OCc3cc(-c4ccccc4)c(C(F)(F)F)s3)ccc21. The summed E-state index contributed by atoms with van der Waals surface area (Å²) >= 11 is 1.36. The van der Waals surface area contributed by atoms with Crippen molar-refractivity contribution in [1.82, 2.24) is 10.6 Å². The van der Waals surface area contributed by atoms with Crippen molar-refractivity contribution in [2.45, 2.75) is 116 Å². The maximum atomic E-state index is 13.7. The van der Waals surface area contributed by atoms with Gasteiger partial charge in [-0.05, 0) is 132 Å². The van der Waals surface area contributed by atoms with Crippen molar-refractivity contribution in [1.29, 1.82) is 0 Å². The van der Waals surface area contributed by atoms with E-state index in [1.54, 1.807) is 143 Å². The summed E-state index contributed by atoms with van der Waals surface area (Å²) < 4.78 is 99.2. The van der Waals surface area contributed by atoms with Crippen molar-refractivity contribution in [3.8, 4) is 33.8 Å². The number of esters is 1. The molecule has 2 aliphatic heterocycles. The van der Waals surface area contributed by atoms with Crippen LogP contribution in [0.4, 0.5) is 37.7 Å². The zero-order valence-corrected chi connectivity index (χ0v) is 45.9. The molecule has 8 rings (SSSR count). The molecule has 78 heavy (non-hydrogen) atoms. The van der Waals surface area contributed by atoms with Gasteiger partial charge in [-0.15, -0.1) is 22.7 Å². The van der Waals surface area contributed by atoms with Gasteiger partial charge in [0.2, 0.25) is 11.8 Å². The van der Waals surface area contributed by atoms with Crippen LogP contribution in [-0.2, 0) is 62.3 Å². The third-order valence-corrected chi connectivity index (χ3v) is 15.0. The van der Waals surface area contributed by atoms with Gasteiger partial charge in [0.25, 0.3) is 0 Å². The number of carboxylic acids is 1. The van der Waals surface area contributed by atoms with Gasteiger partial charge < -0.3 is 39.8 Å². The fourth-order valence-electron chi connectivity index (χ4n) is 8.96. The average Bonchev–Trinajstić information content (AvgIpc) is 4.23. The largest absolute Gasteiger partial charge is 0.488 e. The van der Waals surface area contributed by atoms with Gasteiger partial charge in [0.15, 0.2) is 0 Å². The maximum absolute atomic E-state index is 13.7. The van der Waals surface area contributed by atoms with Crippen LogP contribution in [0.1, 0.15) is 91.9 Å². The van der Waals surface area contributed by atoms with E-state index in [-0.39, 0.29) is 61.5 Å². The van der Waals surface area contributed by atoms with Gasteiger partial charge in [0.05, 0.1) is 23.9 Å². The lowest BCUT2D eigenvalue weighted by Crippen LogP contribution is -2.54. The summed E-state index contributed by atoms with van der Waals surface area (Å²) in [5, 5.41) is 15.0. The molecular formula is C58H62F6N4O8S2. The number of carboxylic acid groups (broad SMARTS) is 1. The van der Waals surface area contributed by atoms with E-state index in [1.165, 1.54) is 12.1 Å². The number of alkyl halides is 6. The number of fused-ring (bicyclic) bond motifs is 2. The lowest BCUT2D eigenvalue weighted by atomic mass is 10.0. The molecule has 0 saturated heterocycles. The summed E-state index contributed by atoms with van der Waals surface area (Å²) in [4.78, 5) is 52.3. The number of nitrogens with zero attached hydrogens (tertiary/aromatic N) is 2. The molecule has 0 radical (unpaired) electrons. The number of aliphatic carboxylic acids is 1. The summed E-state index contributed by atoms with van der Waals surface area (Å²) in [5.74, 6) is -0.534.